The normalized spacial score (nSPS) is 26.7. The number of alkyl halides is 1. The van der Waals surface area contributed by atoms with Crippen molar-refractivity contribution in [2.24, 2.45) is 7.05 Å². The van der Waals surface area contributed by atoms with Crippen LogP contribution in [0, 0.1) is 6.92 Å². The Morgan fingerprint density at radius 3 is 2.53 bits per heavy atom. The van der Waals surface area contributed by atoms with Gasteiger partial charge in [-0.25, -0.2) is 26.5 Å². The third kappa shape index (κ3) is 3.10. The molecule has 7 nitrogen and oxygen atoms in total. The maximum absolute atomic E-state index is 12.1. The molecular weight excluding hydrogens is 314 g/mol. The van der Waals surface area contributed by atoms with Gasteiger partial charge in [0.25, 0.3) is 10.0 Å². The molecule has 10 heteroatoms. The lowest BCUT2D eigenvalue weighted by molar-refractivity contribution is 0.560. The predicted octanol–water partition coefficient (Wildman–Crippen LogP) is -0.589. The van der Waals surface area contributed by atoms with E-state index in [4.69, 9.17) is 11.6 Å². The Balaban J connectivity index is 2.23. The number of nitrogens with one attached hydrogen (secondary N) is 1. The van der Waals surface area contributed by atoms with E-state index >= 15 is 0 Å². The van der Waals surface area contributed by atoms with Crippen LogP contribution in [0.5, 0.6) is 0 Å². The summed E-state index contributed by atoms with van der Waals surface area (Å²) in [6.45, 7) is 1.67. The van der Waals surface area contributed by atoms with Crippen LogP contribution < -0.4 is 4.72 Å². The Morgan fingerprint density at radius 2 is 2.11 bits per heavy atom. The molecule has 1 aliphatic rings. The van der Waals surface area contributed by atoms with Gasteiger partial charge in [-0.05, 0) is 6.92 Å². The second kappa shape index (κ2) is 4.72. The molecule has 2 atom stereocenters. The van der Waals surface area contributed by atoms with Gasteiger partial charge in [-0.2, -0.15) is 0 Å². The van der Waals surface area contributed by atoms with Crippen LogP contribution in [0.2, 0.25) is 0 Å². The molecular formula is C9H14ClN3O4S2. The minimum Gasteiger partial charge on any atom is -0.337 e. The average Bonchev–Trinajstić information content (AvgIpc) is 2.68. The number of imidazole rings is 1. The molecule has 1 aromatic rings. The van der Waals surface area contributed by atoms with Gasteiger partial charge in [0, 0.05) is 13.2 Å². The van der Waals surface area contributed by atoms with E-state index < -0.39 is 31.3 Å². The van der Waals surface area contributed by atoms with E-state index in [0.717, 1.165) is 0 Å². The summed E-state index contributed by atoms with van der Waals surface area (Å²) in [5, 5.41) is -0.898. The molecule has 1 aromatic heterocycles. The van der Waals surface area contributed by atoms with Crippen LogP contribution in [-0.2, 0) is 26.9 Å². The second-order valence-corrected chi connectivity index (χ2v) is 8.93. The lowest BCUT2D eigenvalue weighted by atomic mass is 10.3. The third-order valence-electron chi connectivity index (χ3n) is 2.95. The first-order valence-corrected chi connectivity index (χ1v) is 9.21. The first-order valence-electron chi connectivity index (χ1n) is 5.47. The number of aromatic nitrogens is 2. The van der Waals surface area contributed by atoms with Crippen LogP contribution in [0.25, 0.3) is 0 Å². The summed E-state index contributed by atoms with van der Waals surface area (Å²) in [5.41, 5.74) is 0. The quantitative estimate of drug-likeness (QED) is 0.748. The van der Waals surface area contributed by atoms with E-state index in [1.165, 1.54) is 6.20 Å². The number of sulfone groups is 1. The van der Waals surface area contributed by atoms with E-state index in [9.17, 15) is 16.8 Å². The monoisotopic (exact) mass is 327 g/mol. The van der Waals surface area contributed by atoms with Gasteiger partial charge >= 0.3 is 0 Å². The molecule has 0 amide bonds. The standard InChI is InChI=1S/C9H14ClN3O4S2/c1-6-11-9(3-13(6)2)19(16,17)12-8-5-18(14,15)4-7(8)10/h3,7-8,12H,4-5H2,1-2H3. The van der Waals surface area contributed by atoms with E-state index in [2.05, 4.69) is 9.71 Å². The highest BCUT2D eigenvalue weighted by molar-refractivity contribution is 7.92. The van der Waals surface area contributed by atoms with E-state index in [-0.39, 0.29) is 16.5 Å². The number of sulfonamides is 1. The van der Waals surface area contributed by atoms with Crippen molar-refractivity contribution in [3.05, 3.63) is 12.0 Å². The summed E-state index contributed by atoms with van der Waals surface area (Å²) >= 11 is 5.86. The number of halogens is 1. The zero-order valence-electron chi connectivity index (χ0n) is 10.4. The SMILES string of the molecule is Cc1nc(S(=O)(=O)NC2CS(=O)(=O)CC2Cl)cn1C. The van der Waals surface area contributed by atoms with Gasteiger partial charge in [-0.1, -0.05) is 0 Å². The summed E-state index contributed by atoms with van der Waals surface area (Å²) in [6, 6.07) is -0.820. The summed E-state index contributed by atoms with van der Waals surface area (Å²) in [5.74, 6) is 0.0386. The zero-order chi connectivity index (χ0) is 14.4. The fourth-order valence-corrected chi connectivity index (χ4v) is 5.87. The predicted molar refractivity (Wildman–Crippen MR) is 70.3 cm³/mol. The van der Waals surface area contributed by atoms with Crippen molar-refractivity contribution in [1.82, 2.24) is 14.3 Å². The maximum Gasteiger partial charge on any atom is 0.259 e. The van der Waals surface area contributed by atoms with Crippen molar-refractivity contribution < 1.29 is 16.8 Å². The first-order chi connectivity index (χ1) is 8.61. The highest BCUT2D eigenvalue weighted by atomic mass is 35.5. The van der Waals surface area contributed by atoms with Gasteiger partial charge in [-0.3, -0.25) is 0 Å². The molecule has 1 N–H and O–H groups in total. The minimum atomic E-state index is -3.86. The van der Waals surface area contributed by atoms with Gasteiger partial charge in [0.1, 0.15) is 5.82 Å². The van der Waals surface area contributed by atoms with Crippen molar-refractivity contribution in [3.63, 3.8) is 0 Å². The lowest BCUT2D eigenvalue weighted by Gasteiger charge is -2.13. The Bertz CT molecular complexity index is 676. The van der Waals surface area contributed by atoms with Gasteiger partial charge in [0.05, 0.1) is 22.9 Å². The summed E-state index contributed by atoms with van der Waals surface area (Å²) in [6.07, 6.45) is 1.37. The molecule has 0 saturated carbocycles. The van der Waals surface area contributed by atoms with Crippen molar-refractivity contribution in [3.8, 4) is 0 Å². The zero-order valence-corrected chi connectivity index (χ0v) is 12.8. The molecule has 0 spiro atoms. The Morgan fingerprint density at radius 1 is 1.47 bits per heavy atom. The van der Waals surface area contributed by atoms with Crippen LogP contribution >= 0.6 is 11.6 Å². The van der Waals surface area contributed by atoms with Crippen LogP contribution in [0.1, 0.15) is 5.82 Å². The van der Waals surface area contributed by atoms with Crippen LogP contribution in [0.4, 0.5) is 0 Å². The molecule has 2 rings (SSSR count). The van der Waals surface area contributed by atoms with Crippen molar-refractivity contribution in [2.75, 3.05) is 11.5 Å². The van der Waals surface area contributed by atoms with E-state index in [1.54, 1.807) is 18.5 Å². The Kier molecular flexibility index (Phi) is 3.67. The number of hydrogen-bond donors (Lipinski definition) is 1. The molecule has 2 heterocycles. The molecule has 0 aromatic carbocycles. The summed E-state index contributed by atoms with van der Waals surface area (Å²) < 4.78 is 50.8. The molecule has 0 radical (unpaired) electrons. The van der Waals surface area contributed by atoms with Crippen molar-refractivity contribution in [1.29, 1.82) is 0 Å². The van der Waals surface area contributed by atoms with Crippen LogP contribution in [0.15, 0.2) is 11.2 Å². The van der Waals surface area contributed by atoms with Gasteiger partial charge in [0.2, 0.25) is 0 Å². The smallest absolute Gasteiger partial charge is 0.259 e. The van der Waals surface area contributed by atoms with E-state index in [0.29, 0.717) is 5.82 Å². The number of hydrogen-bond acceptors (Lipinski definition) is 5. The topological polar surface area (TPSA) is 98.1 Å². The molecule has 1 fully saturated rings. The Hall–Kier alpha value is -0.640. The highest BCUT2D eigenvalue weighted by Gasteiger charge is 2.39. The number of aryl methyl sites for hydroxylation is 2. The van der Waals surface area contributed by atoms with Gasteiger partial charge in [-0.15, -0.1) is 11.6 Å². The maximum atomic E-state index is 12.1. The summed E-state index contributed by atoms with van der Waals surface area (Å²) in [7, 11) is -5.47. The van der Waals surface area contributed by atoms with Gasteiger partial charge < -0.3 is 4.57 Å². The van der Waals surface area contributed by atoms with E-state index in [1.807, 2.05) is 0 Å². The van der Waals surface area contributed by atoms with Crippen LogP contribution in [0.3, 0.4) is 0 Å². The number of rotatable bonds is 3. The molecule has 108 valence electrons. The number of nitrogens with zero attached hydrogens (tertiary/aromatic N) is 2. The molecule has 1 saturated heterocycles. The highest BCUT2D eigenvalue weighted by Crippen LogP contribution is 2.20. The average molecular weight is 328 g/mol. The van der Waals surface area contributed by atoms with Crippen LogP contribution in [-0.4, -0.2) is 49.3 Å². The largest absolute Gasteiger partial charge is 0.337 e. The fourth-order valence-electron chi connectivity index (χ4n) is 1.83. The fraction of sp³-hybridized carbons (Fsp3) is 0.667. The summed E-state index contributed by atoms with van der Waals surface area (Å²) in [4.78, 5) is 3.91. The Labute approximate surface area is 116 Å². The van der Waals surface area contributed by atoms with Crippen molar-refractivity contribution in [2.45, 2.75) is 23.4 Å². The third-order valence-corrected chi connectivity index (χ3v) is 6.69. The van der Waals surface area contributed by atoms with Gasteiger partial charge in [0.15, 0.2) is 14.9 Å². The van der Waals surface area contributed by atoms with Crippen molar-refractivity contribution >= 4 is 31.5 Å². The second-order valence-electron chi connectivity index (χ2n) is 4.56. The molecule has 0 aliphatic carbocycles. The molecule has 19 heavy (non-hydrogen) atoms. The molecule has 0 bridgehead atoms. The molecule has 2 unspecified atom stereocenters. The molecule has 1 aliphatic heterocycles. The minimum absolute atomic E-state index is 0.138. The lowest BCUT2D eigenvalue weighted by Crippen LogP contribution is -2.40. The first kappa shape index (κ1) is 14.8.